The summed E-state index contributed by atoms with van der Waals surface area (Å²) in [5, 5.41) is 2.85. The van der Waals surface area contributed by atoms with Crippen LogP contribution in [0.5, 0.6) is 0 Å². The van der Waals surface area contributed by atoms with Gasteiger partial charge in [0.05, 0.1) is 5.25 Å². The lowest BCUT2D eigenvalue weighted by molar-refractivity contribution is -0.125. The lowest BCUT2D eigenvalue weighted by Gasteiger charge is -2.29. The standard InChI is InChI=1S/C16H28N2O3S/c19-16(17-13-7-2-1-3-8-13)15-11-6-12-18(15)22(20,21)14-9-4-5-10-14/h13-15H,1-12H2,(H,17,19)/t15-/m0/s1. The minimum Gasteiger partial charge on any atom is -0.352 e. The summed E-state index contributed by atoms with van der Waals surface area (Å²) in [6.07, 6.45) is 10.6. The molecule has 1 saturated heterocycles. The largest absolute Gasteiger partial charge is 0.352 e. The van der Waals surface area contributed by atoms with Crippen molar-refractivity contribution in [2.75, 3.05) is 6.54 Å². The number of rotatable bonds is 4. The third-order valence-electron chi connectivity index (χ3n) is 5.51. The quantitative estimate of drug-likeness (QED) is 0.860. The van der Waals surface area contributed by atoms with Crippen LogP contribution in [-0.4, -0.2) is 42.5 Å². The summed E-state index contributed by atoms with van der Waals surface area (Å²) < 4.78 is 27.1. The van der Waals surface area contributed by atoms with E-state index in [1.54, 1.807) is 0 Å². The highest BCUT2D eigenvalue weighted by Gasteiger charge is 2.43. The van der Waals surface area contributed by atoms with Gasteiger partial charge in [-0.15, -0.1) is 0 Å². The van der Waals surface area contributed by atoms with E-state index in [9.17, 15) is 13.2 Å². The van der Waals surface area contributed by atoms with Gasteiger partial charge in [-0.1, -0.05) is 32.1 Å². The average molecular weight is 328 g/mol. The number of carbonyl (C=O) groups excluding carboxylic acids is 1. The number of hydrogen-bond acceptors (Lipinski definition) is 3. The second-order valence-corrected chi connectivity index (χ2v) is 9.23. The maximum atomic E-state index is 12.8. The fraction of sp³-hybridized carbons (Fsp3) is 0.938. The number of hydrogen-bond donors (Lipinski definition) is 1. The third-order valence-corrected chi connectivity index (χ3v) is 7.91. The second kappa shape index (κ2) is 6.87. The molecule has 6 heteroatoms. The first-order valence-electron chi connectivity index (χ1n) is 8.90. The summed E-state index contributed by atoms with van der Waals surface area (Å²) in [5.41, 5.74) is 0. The molecule has 1 heterocycles. The number of nitrogens with zero attached hydrogens (tertiary/aromatic N) is 1. The van der Waals surface area contributed by atoms with Crippen LogP contribution in [0.25, 0.3) is 0 Å². The van der Waals surface area contributed by atoms with Crippen molar-refractivity contribution in [1.29, 1.82) is 0 Å². The molecule has 0 unspecified atom stereocenters. The maximum absolute atomic E-state index is 12.8. The van der Waals surface area contributed by atoms with E-state index in [1.807, 2.05) is 0 Å². The van der Waals surface area contributed by atoms with Crippen LogP contribution >= 0.6 is 0 Å². The van der Waals surface area contributed by atoms with Gasteiger partial charge < -0.3 is 5.32 Å². The van der Waals surface area contributed by atoms with E-state index in [0.29, 0.717) is 13.0 Å². The Kier molecular flexibility index (Phi) is 5.07. The zero-order chi connectivity index (χ0) is 15.6. The molecule has 1 aliphatic heterocycles. The third kappa shape index (κ3) is 3.32. The van der Waals surface area contributed by atoms with Crippen molar-refractivity contribution < 1.29 is 13.2 Å². The van der Waals surface area contributed by atoms with Crippen molar-refractivity contribution in [2.45, 2.75) is 88.0 Å². The molecule has 1 N–H and O–H groups in total. The molecule has 22 heavy (non-hydrogen) atoms. The Labute approximate surface area is 133 Å². The van der Waals surface area contributed by atoms with Gasteiger partial charge in [-0.25, -0.2) is 8.42 Å². The van der Waals surface area contributed by atoms with Crippen molar-refractivity contribution in [3.05, 3.63) is 0 Å². The van der Waals surface area contributed by atoms with Gasteiger partial charge >= 0.3 is 0 Å². The smallest absolute Gasteiger partial charge is 0.238 e. The summed E-state index contributed by atoms with van der Waals surface area (Å²) in [5.74, 6) is -0.0639. The highest BCUT2D eigenvalue weighted by Crippen LogP contribution is 2.31. The van der Waals surface area contributed by atoms with Crippen molar-refractivity contribution >= 4 is 15.9 Å². The van der Waals surface area contributed by atoms with E-state index in [0.717, 1.165) is 44.9 Å². The van der Waals surface area contributed by atoms with E-state index < -0.39 is 16.1 Å². The van der Waals surface area contributed by atoms with E-state index in [2.05, 4.69) is 5.32 Å². The molecule has 2 saturated carbocycles. The van der Waals surface area contributed by atoms with Crippen molar-refractivity contribution in [3.8, 4) is 0 Å². The molecule has 0 aromatic rings. The Morgan fingerprint density at radius 3 is 2.18 bits per heavy atom. The molecule has 0 spiro atoms. The lowest BCUT2D eigenvalue weighted by Crippen LogP contribution is -2.50. The molecular formula is C16H28N2O3S. The van der Waals surface area contributed by atoms with E-state index in [4.69, 9.17) is 0 Å². The second-order valence-electron chi connectivity index (χ2n) is 7.06. The summed E-state index contributed by atoms with van der Waals surface area (Å²) >= 11 is 0. The number of nitrogens with one attached hydrogen (secondary N) is 1. The SMILES string of the molecule is O=C(NC1CCCCC1)[C@@H]1CCCN1S(=O)(=O)C1CCCC1. The van der Waals surface area contributed by atoms with Crippen LogP contribution in [0.4, 0.5) is 0 Å². The van der Waals surface area contributed by atoms with Crippen LogP contribution in [0.3, 0.4) is 0 Å². The molecule has 3 rings (SSSR count). The molecule has 0 radical (unpaired) electrons. The highest BCUT2D eigenvalue weighted by atomic mass is 32.2. The molecule has 1 amide bonds. The fourth-order valence-electron chi connectivity index (χ4n) is 4.23. The van der Waals surface area contributed by atoms with E-state index >= 15 is 0 Å². The molecule has 3 fully saturated rings. The average Bonchev–Trinajstić information content (AvgIpc) is 3.20. The Bertz CT molecular complexity index is 494. The summed E-state index contributed by atoms with van der Waals surface area (Å²) in [6, 6.07) is -0.217. The topological polar surface area (TPSA) is 66.5 Å². The van der Waals surface area contributed by atoms with Crippen LogP contribution in [-0.2, 0) is 14.8 Å². The number of sulfonamides is 1. The van der Waals surface area contributed by atoms with Gasteiger partial charge in [0.15, 0.2) is 0 Å². The maximum Gasteiger partial charge on any atom is 0.238 e. The first-order chi connectivity index (χ1) is 10.6. The monoisotopic (exact) mass is 328 g/mol. The minimum atomic E-state index is -3.30. The molecule has 0 aromatic carbocycles. The highest BCUT2D eigenvalue weighted by molar-refractivity contribution is 7.89. The van der Waals surface area contributed by atoms with Gasteiger partial charge in [0, 0.05) is 12.6 Å². The van der Waals surface area contributed by atoms with Crippen LogP contribution < -0.4 is 5.32 Å². The van der Waals surface area contributed by atoms with Crippen LogP contribution in [0.2, 0.25) is 0 Å². The molecule has 3 aliphatic rings. The first kappa shape index (κ1) is 16.2. The normalized spacial score (nSPS) is 29.0. The van der Waals surface area contributed by atoms with Gasteiger partial charge in [0.2, 0.25) is 15.9 Å². The lowest BCUT2D eigenvalue weighted by atomic mass is 9.95. The van der Waals surface area contributed by atoms with Crippen LogP contribution in [0.15, 0.2) is 0 Å². The van der Waals surface area contributed by atoms with Gasteiger partial charge in [-0.3, -0.25) is 4.79 Å². The van der Waals surface area contributed by atoms with Crippen molar-refractivity contribution in [2.24, 2.45) is 0 Å². The molecule has 2 aliphatic carbocycles. The molecule has 5 nitrogen and oxygen atoms in total. The zero-order valence-corrected chi connectivity index (χ0v) is 14.1. The van der Waals surface area contributed by atoms with Crippen molar-refractivity contribution in [1.82, 2.24) is 9.62 Å². The Morgan fingerprint density at radius 2 is 1.50 bits per heavy atom. The molecule has 0 bridgehead atoms. The fourth-order valence-corrected chi connectivity index (χ4v) is 6.48. The molecular weight excluding hydrogens is 300 g/mol. The number of amides is 1. The van der Waals surface area contributed by atoms with Gasteiger partial charge in [-0.05, 0) is 38.5 Å². The van der Waals surface area contributed by atoms with E-state index in [1.165, 1.54) is 23.6 Å². The Balaban J connectivity index is 1.65. The summed E-state index contributed by atoms with van der Waals surface area (Å²) in [6.45, 7) is 0.515. The van der Waals surface area contributed by atoms with Crippen LogP contribution in [0, 0.1) is 0 Å². The molecule has 126 valence electrons. The predicted octanol–water partition coefficient (Wildman–Crippen LogP) is 2.17. The van der Waals surface area contributed by atoms with Gasteiger partial charge in [0.1, 0.15) is 6.04 Å². The van der Waals surface area contributed by atoms with Gasteiger partial charge in [-0.2, -0.15) is 4.31 Å². The van der Waals surface area contributed by atoms with E-state index in [-0.39, 0.29) is 17.2 Å². The van der Waals surface area contributed by atoms with Crippen molar-refractivity contribution in [3.63, 3.8) is 0 Å². The molecule has 1 atom stereocenters. The zero-order valence-electron chi connectivity index (χ0n) is 13.3. The summed E-state index contributed by atoms with van der Waals surface area (Å²) in [4.78, 5) is 12.6. The predicted molar refractivity (Wildman–Crippen MR) is 85.9 cm³/mol. The first-order valence-corrected chi connectivity index (χ1v) is 10.4. The Morgan fingerprint density at radius 1 is 0.864 bits per heavy atom. The summed E-state index contributed by atoms with van der Waals surface area (Å²) in [7, 11) is -3.30. The van der Waals surface area contributed by atoms with Gasteiger partial charge in [0.25, 0.3) is 0 Å². The minimum absolute atomic E-state index is 0.0639. The van der Waals surface area contributed by atoms with Crippen LogP contribution in [0.1, 0.15) is 70.6 Å². The number of carbonyl (C=O) groups is 1. The Hall–Kier alpha value is -0.620. The molecule has 0 aromatic heterocycles.